The average molecular weight is 533 g/mol. The lowest BCUT2D eigenvalue weighted by atomic mass is 10.1. The lowest BCUT2D eigenvalue weighted by molar-refractivity contribution is 0.0630. The lowest BCUT2D eigenvalue weighted by Crippen LogP contribution is -2.48. The number of aromatic amines is 1. The van der Waals surface area contributed by atoms with Crippen molar-refractivity contribution in [2.75, 3.05) is 38.5 Å². The van der Waals surface area contributed by atoms with Crippen LogP contribution < -0.4 is 0 Å². The average Bonchev–Trinajstić information content (AvgIpc) is 3.48. The number of thiophene rings is 1. The van der Waals surface area contributed by atoms with Crippen molar-refractivity contribution < 1.29 is 4.79 Å². The molecule has 3 heterocycles. The van der Waals surface area contributed by atoms with Gasteiger partial charge in [0.05, 0.1) is 8.00 Å². The van der Waals surface area contributed by atoms with Crippen LogP contribution in [0.1, 0.15) is 36.2 Å². The molecule has 0 aliphatic carbocycles. The minimum atomic E-state index is 0.113. The second-order valence-corrected chi connectivity index (χ2v) is 12.0. The van der Waals surface area contributed by atoms with E-state index in [0.29, 0.717) is 5.69 Å². The highest BCUT2D eigenvalue weighted by molar-refractivity contribution is 9.11. The van der Waals surface area contributed by atoms with E-state index in [1.165, 1.54) is 39.4 Å². The van der Waals surface area contributed by atoms with Crippen molar-refractivity contribution >= 4 is 44.9 Å². The summed E-state index contributed by atoms with van der Waals surface area (Å²) in [6, 6.07) is 16.5. The van der Waals surface area contributed by atoms with E-state index in [1.807, 2.05) is 58.5 Å². The fourth-order valence-corrected chi connectivity index (χ4v) is 6.91. The Bertz CT molecular complexity index is 980. The Kier molecular flexibility index (Phi) is 8.91. The Morgan fingerprint density at radius 1 is 0.969 bits per heavy atom. The highest BCUT2D eigenvalue weighted by Crippen LogP contribution is 2.31. The van der Waals surface area contributed by atoms with Gasteiger partial charge in [0.1, 0.15) is 5.69 Å². The van der Waals surface area contributed by atoms with Gasteiger partial charge in [-0.3, -0.25) is 9.69 Å². The fraction of sp³-hybridized carbons (Fsp3) is 0.400. The molecule has 1 saturated heterocycles. The minimum absolute atomic E-state index is 0.113. The zero-order valence-corrected chi connectivity index (χ0v) is 21.5. The van der Waals surface area contributed by atoms with Crippen LogP contribution in [0.5, 0.6) is 0 Å². The topological polar surface area (TPSA) is 39.3 Å². The maximum absolute atomic E-state index is 12.9. The van der Waals surface area contributed by atoms with Crippen LogP contribution in [0.2, 0.25) is 0 Å². The molecule has 7 heteroatoms. The van der Waals surface area contributed by atoms with Crippen LogP contribution in [0.4, 0.5) is 0 Å². The molecule has 4 rings (SSSR count). The van der Waals surface area contributed by atoms with Crippen molar-refractivity contribution in [3.63, 3.8) is 0 Å². The van der Waals surface area contributed by atoms with Crippen LogP contribution in [0, 0.1) is 0 Å². The number of thioether (sulfide) groups is 1. The highest BCUT2D eigenvalue weighted by Gasteiger charge is 2.23. The van der Waals surface area contributed by atoms with E-state index >= 15 is 0 Å². The molecular formula is C25H30BrN3OS2. The number of H-pyrrole nitrogens is 1. The van der Waals surface area contributed by atoms with Crippen LogP contribution in [0.15, 0.2) is 62.7 Å². The number of carbonyl (C=O) groups excluding carboxylic acids is 1. The van der Waals surface area contributed by atoms with E-state index in [2.05, 4.69) is 50.1 Å². The smallest absolute Gasteiger partial charge is 0.270 e. The summed E-state index contributed by atoms with van der Waals surface area (Å²) in [5.74, 6) is 1.32. The zero-order chi connectivity index (χ0) is 22.2. The molecule has 0 spiro atoms. The summed E-state index contributed by atoms with van der Waals surface area (Å²) >= 11 is 7.31. The molecule has 1 fully saturated rings. The van der Waals surface area contributed by atoms with Crippen LogP contribution in [-0.2, 0) is 0 Å². The van der Waals surface area contributed by atoms with Gasteiger partial charge in [-0.05, 0) is 70.4 Å². The van der Waals surface area contributed by atoms with Gasteiger partial charge < -0.3 is 9.88 Å². The Morgan fingerprint density at radius 2 is 1.75 bits per heavy atom. The molecule has 1 aliphatic heterocycles. The number of unbranched alkanes of at least 4 members (excludes halogenated alkanes) is 3. The van der Waals surface area contributed by atoms with E-state index in [-0.39, 0.29) is 5.91 Å². The Balaban J connectivity index is 1.10. The van der Waals surface area contributed by atoms with Crippen molar-refractivity contribution in [2.24, 2.45) is 0 Å². The van der Waals surface area contributed by atoms with E-state index in [0.717, 1.165) is 43.9 Å². The van der Waals surface area contributed by atoms with Gasteiger partial charge in [0, 0.05) is 32.4 Å². The Hall–Kier alpha value is -1.54. The number of carbonyl (C=O) groups is 1. The van der Waals surface area contributed by atoms with E-state index < -0.39 is 0 Å². The predicted molar refractivity (Wildman–Crippen MR) is 140 cm³/mol. The molecule has 1 aliphatic rings. The first-order valence-corrected chi connectivity index (χ1v) is 13.9. The highest BCUT2D eigenvalue weighted by atomic mass is 79.9. The van der Waals surface area contributed by atoms with Gasteiger partial charge in [-0.2, -0.15) is 0 Å². The van der Waals surface area contributed by atoms with Gasteiger partial charge in [0.25, 0.3) is 5.91 Å². The van der Waals surface area contributed by atoms with Gasteiger partial charge >= 0.3 is 0 Å². The van der Waals surface area contributed by atoms with E-state index in [1.54, 1.807) is 0 Å². The monoisotopic (exact) mass is 531 g/mol. The molecule has 0 saturated carbocycles. The number of halogens is 1. The first-order chi connectivity index (χ1) is 15.7. The van der Waals surface area contributed by atoms with Crippen molar-refractivity contribution in [3.05, 3.63) is 64.2 Å². The Morgan fingerprint density at radius 3 is 2.50 bits per heavy atom. The van der Waals surface area contributed by atoms with Crippen molar-refractivity contribution in [1.82, 2.24) is 14.8 Å². The van der Waals surface area contributed by atoms with Crippen LogP contribution in [-0.4, -0.2) is 59.2 Å². The van der Waals surface area contributed by atoms with Gasteiger partial charge in [0.2, 0.25) is 0 Å². The van der Waals surface area contributed by atoms with Crippen molar-refractivity contribution in [1.29, 1.82) is 0 Å². The number of rotatable bonds is 10. The molecule has 1 N–H and O–H groups in total. The molecule has 170 valence electrons. The number of nitrogens with one attached hydrogen (secondary N) is 1. The van der Waals surface area contributed by atoms with Gasteiger partial charge in [-0.15, -0.1) is 23.1 Å². The summed E-state index contributed by atoms with van der Waals surface area (Å²) in [5.41, 5.74) is 2.88. The van der Waals surface area contributed by atoms with Crippen LogP contribution in [0.25, 0.3) is 11.1 Å². The van der Waals surface area contributed by atoms with Crippen molar-refractivity contribution in [2.45, 2.75) is 29.9 Å². The van der Waals surface area contributed by atoms with Crippen LogP contribution in [0.3, 0.4) is 0 Å². The number of nitrogens with zero attached hydrogens (tertiary/aromatic N) is 2. The summed E-state index contributed by atoms with van der Waals surface area (Å²) in [6.45, 7) is 4.72. The summed E-state index contributed by atoms with van der Waals surface area (Å²) in [7, 11) is 0. The molecule has 0 radical (unpaired) electrons. The van der Waals surface area contributed by atoms with Gasteiger partial charge in [-0.25, -0.2) is 0 Å². The zero-order valence-electron chi connectivity index (χ0n) is 18.3. The number of hydrogen-bond acceptors (Lipinski definition) is 4. The summed E-state index contributed by atoms with van der Waals surface area (Å²) in [6.07, 6.45) is 7.05. The molecule has 2 aromatic heterocycles. The molecule has 1 amide bonds. The maximum atomic E-state index is 12.9. The van der Waals surface area contributed by atoms with Gasteiger partial charge in [-0.1, -0.05) is 43.2 Å². The fourth-order valence-electron chi connectivity index (χ4n) is 4.00. The molecule has 0 atom stereocenters. The minimum Gasteiger partial charge on any atom is -0.357 e. The quantitative estimate of drug-likeness (QED) is 0.236. The molecule has 1 aromatic carbocycles. The molecule has 3 aromatic rings. The predicted octanol–water partition coefficient (Wildman–Crippen LogP) is 6.62. The third-order valence-electron chi connectivity index (χ3n) is 5.84. The second-order valence-electron chi connectivity index (χ2n) is 8.12. The molecule has 0 unspecified atom stereocenters. The second kappa shape index (κ2) is 12.1. The molecule has 4 nitrogen and oxygen atoms in total. The molecule has 32 heavy (non-hydrogen) atoms. The summed E-state index contributed by atoms with van der Waals surface area (Å²) in [4.78, 5) is 20.6. The van der Waals surface area contributed by atoms with E-state index in [9.17, 15) is 4.79 Å². The maximum Gasteiger partial charge on any atom is 0.270 e. The number of aromatic nitrogens is 1. The lowest BCUT2D eigenvalue weighted by Gasteiger charge is -2.34. The van der Waals surface area contributed by atoms with Gasteiger partial charge in [0.15, 0.2) is 0 Å². The Labute approximate surface area is 207 Å². The largest absolute Gasteiger partial charge is 0.357 e. The normalized spacial score (nSPS) is 14.7. The third-order valence-corrected chi connectivity index (χ3v) is 8.78. The number of piperazine rings is 1. The molecular weight excluding hydrogens is 502 g/mol. The first kappa shape index (κ1) is 23.6. The SMILES string of the molecule is O=C(c1cc(-c2ccccc2)c[nH]1)N1CCN(CCCCCCSc2ccc(Br)s2)CC1. The summed E-state index contributed by atoms with van der Waals surface area (Å²) in [5, 5.41) is 0. The number of hydrogen-bond donors (Lipinski definition) is 1. The third kappa shape index (κ3) is 6.73. The number of benzene rings is 1. The standard InChI is InChI=1S/C25H30BrN3OS2/c26-23-10-11-24(32-23)31-17-7-2-1-6-12-28-13-15-29(16-14-28)25(30)22-18-21(19-27-22)20-8-4-3-5-9-20/h3-5,8-11,18-19,27H,1-2,6-7,12-17H2. The summed E-state index contributed by atoms with van der Waals surface area (Å²) < 4.78 is 2.62. The van der Waals surface area contributed by atoms with Crippen LogP contribution >= 0.6 is 39.0 Å². The van der Waals surface area contributed by atoms with E-state index in [4.69, 9.17) is 0 Å². The van der Waals surface area contributed by atoms with Crippen molar-refractivity contribution in [3.8, 4) is 11.1 Å². The molecule has 0 bridgehead atoms. The number of amides is 1. The first-order valence-electron chi connectivity index (χ1n) is 11.3.